The van der Waals surface area contributed by atoms with E-state index < -0.39 is 6.03 Å². The van der Waals surface area contributed by atoms with Gasteiger partial charge in [-0.05, 0) is 12.1 Å². The Kier molecular flexibility index (Phi) is 3.34. The fourth-order valence-electron chi connectivity index (χ4n) is 1.42. The van der Waals surface area contributed by atoms with E-state index in [-0.39, 0.29) is 0 Å². The molecule has 1 aromatic carbocycles. The Morgan fingerprint density at radius 2 is 2.00 bits per heavy atom. The molecule has 0 aliphatic rings. The van der Waals surface area contributed by atoms with Gasteiger partial charge in [0.15, 0.2) is 0 Å². The third-order valence-corrected chi connectivity index (χ3v) is 2.18. The second kappa shape index (κ2) is 5.11. The summed E-state index contributed by atoms with van der Waals surface area (Å²) in [6.45, 7) is 1.000. The summed E-state index contributed by atoms with van der Waals surface area (Å²) in [5, 5.41) is 5.53. The summed E-state index contributed by atoms with van der Waals surface area (Å²) < 4.78 is 0. The van der Waals surface area contributed by atoms with E-state index in [2.05, 4.69) is 20.6 Å². The minimum atomic E-state index is -0.531. The number of carbonyl (C=O) groups excluding carboxylic acids is 1. The summed E-state index contributed by atoms with van der Waals surface area (Å²) in [5.41, 5.74) is 6.63. The number of nitrogens with one attached hydrogen (secondary N) is 2. The lowest BCUT2D eigenvalue weighted by Gasteiger charge is -2.06. The van der Waals surface area contributed by atoms with Gasteiger partial charge in [-0.1, -0.05) is 12.1 Å². The molecule has 88 valence electrons. The molecule has 2 amide bonds. The van der Waals surface area contributed by atoms with Gasteiger partial charge in [0.2, 0.25) is 0 Å². The molecule has 0 unspecified atom stereocenters. The maximum Gasteiger partial charge on any atom is 0.312 e. The number of urea groups is 1. The van der Waals surface area contributed by atoms with Gasteiger partial charge < -0.3 is 16.4 Å². The fourth-order valence-corrected chi connectivity index (χ4v) is 1.42. The van der Waals surface area contributed by atoms with Gasteiger partial charge in [-0.25, -0.2) is 9.78 Å². The largest absolute Gasteiger partial charge is 0.367 e. The van der Waals surface area contributed by atoms with Crippen molar-refractivity contribution in [2.75, 3.05) is 18.4 Å². The summed E-state index contributed by atoms with van der Waals surface area (Å²) in [5.74, 6) is 0.676. The molecule has 2 rings (SSSR count). The molecule has 0 spiro atoms. The molecule has 0 aliphatic carbocycles. The molecule has 0 saturated heterocycles. The third kappa shape index (κ3) is 3.04. The Labute approximate surface area is 98.2 Å². The predicted molar refractivity (Wildman–Crippen MR) is 65.6 cm³/mol. The van der Waals surface area contributed by atoms with Crippen LogP contribution in [0.5, 0.6) is 0 Å². The van der Waals surface area contributed by atoms with Crippen molar-refractivity contribution in [1.82, 2.24) is 15.3 Å². The summed E-state index contributed by atoms with van der Waals surface area (Å²) in [4.78, 5) is 19.1. The first kappa shape index (κ1) is 11.1. The highest BCUT2D eigenvalue weighted by Crippen LogP contribution is 2.10. The standard InChI is InChI=1S/C11H13N5O/c12-11(17)14-6-5-13-10-7-15-8-3-1-2-4-9(8)16-10/h1-4,7H,5-6H2,(H,13,16)(H3,12,14,17). The van der Waals surface area contributed by atoms with E-state index in [1.807, 2.05) is 24.3 Å². The number of hydrogen-bond donors (Lipinski definition) is 3. The smallest absolute Gasteiger partial charge is 0.312 e. The number of anilines is 1. The van der Waals surface area contributed by atoms with Gasteiger partial charge in [-0.3, -0.25) is 4.98 Å². The molecule has 0 fully saturated rings. The van der Waals surface area contributed by atoms with Gasteiger partial charge in [0.25, 0.3) is 0 Å². The first-order valence-electron chi connectivity index (χ1n) is 5.24. The first-order valence-corrected chi connectivity index (χ1v) is 5.24. The fraction of sp³-hybridized carbons (Fsp3) is 0.182. The van der Waals surface area contributed by atoms with Gasteiger partial charge >= 0.3 is 6.03 Å². The minimum absolute atomic E-state index is 0.448. The topological polar surface area (TPSA) is 92.9 Å². The molecule has 1 heterocycles. The van der Waals surface area contributed by atoms with Gasteiger partial charge in [-0.15, -0.1) is 0 Å². The molecule has 0 aliphatic heterocycles. The summed E-state index contributed by atoms with van der Waals surface area (Å²) in [7, 11) is 0. The van der Waals surface area contributed by atoms with Crippen molar-refractivity contribution in [2.45, 2.75) is 0 Å². The average molecular weight is 231 g/mol. The molecule has 6 heteroatoms. The predicted octanol–water partition coefficient (Wildman–Crippen LogP) is 0.710. The van der Waals surface area contributed by atoms with Crippen LogP contribution in [0, 0.1) is 0 Å². The normalized spacial score (nSPS) is 10.1. The maximum absolute atomic E-state index is 10.4. The number of benzene rings is 1. The Balaban J connectivity index is 1.97. The minimum Gasteiger partial charge on any atom is -0.367 e. The maximum atomic E-state index is 10.4. The van der Waals surface area contributed by atoms with Crippen LogP contribution in [0.15, 0.2) is 30.5 Å². The van der Waals surface area contributed by atoms with Crippen LogP contribution in [-0.2, 0) is 0 Å². The van der Waals surface area contributed by atoms with E-state index in [4.69, 9.17) is 5.73 Å². The number of fused-ring (bicyclic) bond motifs is 1. The second-order valence-corrected chi connectivity index (χ2v) is 3.46. The highest BCUT2D eigenvalue weighted by Gasteiger charge is 1.98. The van der Waals surface area contributed by atoms with Crippen molar-refractivity contribution in [3.63, 3.8) is 0 Å². The zero-order valence-electron chi connectivity index (χ0n) is 9.18. The lowest BCUT2D eigenvalue weighted by Crippen LogP contribution is -2.33. The van der Waals surface area contributed by atoms with Crippen molar-refractivity contribution in [1.29, 1.82) is 0 Å². The summed E-state index contributed by atoms with van der Waals surface area (Å²) in [6.07, 6.45) is 1.66. The molecule has 0 saturated carbocycles. The van der Waals surface area contributed by atoms with Gasteiger partial charge in [0, 0.05) is 13.1 Å². The van der Waals surface area contributed by atoms with Gasteiger partial charge in [-0.2, -0.15) is 0 Å². The number of nitrogens with zero attached hydrogens (tertiary/aromatic N) is 2. The Hall–Kier alpha value is -2.37. The molecule has 0 radical (unpaired) electrons. The second-order valence-electron chi connectivity index (χ2n) is 3.46. The number of nitrogens with two attached hydrogens (primary N) is 1. The van der Waals surface area contributed by atoms with Crippen molar-refractivity contribution >= 4 is 22.9 Å². The van der Waals surface area contributed by atoms with Crippen LogP contribution in [0.3, 0.4) is 0 Å². The number of aromatic nitrogens is 2. The molecule has 6 nitrogen and oxygen atoms in total. The Morgan fingerprint density at radius 1 is 1.24 bits per heavy atom. The average Bonchev–Trinajstić information content (AvgIpc) is 2.34. The van der Waals surface area contributed by atoms with Crippen LogP contribution in [-0.4, -0.2) is 29.1 Å². The number of carbonyl (C=O) groups is 1. The van der Waals surface area contributed by atoms with Gasteiger partial charge in [0.1, 0.15) is 5.82 Å². The number of primary amides is 1. The zero-order valence-corrected chi connectivity index (χ0v) is 9.18. The van der Waals surface area contributed by atoms with Crippen molar-refractivity contribution in [3.05, 3.63) is 30.5 Å². The number of hydrogen-bond acceptors (Lipinski definition) is 4. The van der Waals surface area contributed by atoms with Gasteiger partial charge in [0.05, 0.1) is 17.2 Å². The molecule has 1 aromatic heterocycles. The molecule has 2 aromatic rings. The SMILES string of the molecule is NC(=O)NCCNc1cnc2ccccc2n1. The third-order valence-electron chi connectivity index (χ3n) is 2.18. The number of para-hydroxylation sites is 2. The number of amides is 2. The van der Waals surface area contributed by atoms with Crippen LogP contribution in [0.4, 0.5) is 10.6 Å². The van der Waals surface area contributed by atoms with E-state index in [0.717, 1.165) is 11.0 Å². The van der Waals surface area contributed by atoms with Crippen LogP contribution < -0.4 is 16.4 Å². The Bertz CT molecular complexity index is 528. The number of rotatable bonds is 4. The Morgan fingerprint density at radius 3 is 2.76 bits per heavy atom. The van der Waals surface area contributed by atoms with E-state index in [1.54, 1.807) is 6.20 Å². The highest BCUT2D eigenvalue weighted by molar-refractivity contribution is 5.75. The molecular weight excluding hydrogens is 218 g/mol. The van der Waals surface area contributed by atoms with Crippen LogP contribution in [0.25, 0.3) is 11.0 Å². The molecular formula is C11H13N5O. The van der Waals surface area contributed by atoms with Crippen molar-refractivity contribution < 1.29 is 4.79 Å². The van der Waals surface area contributed by atoms with Crippen LogP contribution in [0.1, 0.15) is 0 Å². The van der Waals surface area contributed by atoms with E-state index in [0.29, 0.717) is 18.9 Å². The zero-order chi connectivity index (χ0) is 12.1. The molecule has 4 N–H and O–H groups in total. The summed E-state index contributed by atoms with van der Waals surface area (Å²) in [6, 6.07) is 7.10. The van der Waals surface area contributed by atoms with Crippen molar-refractivity contribution in [2.24, 2.45) is 5.73 Å². The molecule has 17 heavy (non-hydrogen) atoms. The molecule has 0 bridgehead atoms. The lowest BCUT2D eigenvalue weighted by molar-refractivity contribution is 0.249. The van der Waals surface area contributed by atoms with Crippen LogP contribution in [0.2, 0.25) is 0 Å². The van der Waals surface area contributed by atoms with E-state index >= 15 is 0 Å². The quantitative estimate of drug-likeness (QED) is 0.675. The van der Waals surface area contributed by atoms with E-state index in [1.165, 1.54) is 0 Å². The van der Waals surface area contributed by atoms with Crippen molar-refractivity contribution in [3.8, 4) is 0 Å². The first-order chi connectivity index (χ1) is 8.25. The highest BCUT2D eigenvalue weighted by atomic mass is 16.2. The van der Waals surface area contributed by atoms with Crippen LogP contribution >= 0.6 is 0 Å². The summed E-state index contributed by atoms with van der Waals surface area (Å²) >= 11 is 0. The lowest BCUT2D eigenvalue weighted by atomic mass is 10.3. The van der Waals surface area contributed by atoms with E-state index in [9.17, 15) is 4.79 Å². The molecule has 0 atom stereocenters. The monoisotopic (exact) mass is 231 g/mol.